The van der Waals surface area contributed by atoms with Crippen molar-refractivity contribution in [1.29, 1.82) is 0 Å². The molecule has 0 saturated carbocycles. The van der Waals surface area contributed by atoms with Crippen LogP contribution >= 0.6 is 23.2 Å². The van der Waals surface area contributed by atoms with Crippen molar-refractivity contribution in [3.8, 4) is 0 Å². The van der Waals surface area contributed by atoms with E-state index in [0.717, 1.165) is 10.8 Å². The molecule has 0 bridgehead atoms. The van der Waals surface area contributed by atoms with Crippen molar-refractivity contribution in [3.05, 3.63) is 70.7 Å². The van der Waals surface area contributed by atoms with Crippen molar-refractivity contribution >= 4 is 57.2 Å². The van der Waals surface area contributed by atoms with Gasteiger partial charge in [-0.25, -0.2) is 0 Å². The summed E-state index contributed by atoms with van der Waals surface area (Å²) in [7, 11) is 1.69. The van der Waals surface area contributed by atoms with Gasteiger partial charge in [-0.2, -0.15) is 0 Å². The lowest BCUT2D eigenvalue weighted by Crippen LogP contribution is -2.36. The Labute approximate surface area is 173 Å². The lowest BCUT2D eigenvalue weighted by atomic mass is 10.1. The van der Waals surface area contributed by atoms with Gasteiger partial charge in [0.1, 0.15) is 0 Å². The maximum atomic E-state index is 12.3. The van der Waals surface area contributed by atoms with Gasteiger partial charge in [-0.05, 0) is 42.1 Å². The van der Waals surface area contributed by atoms with Gasteiger partial charge in [0.2, 0.25) is 11.8 Å². The van der Waals surface area contributed by atoms with Crippen LogP contribution in [0.2, 0.25) is 10.0 Å². The van der Waals surface area contributed by atoms with Gasteiger partial charge in [0.05, 0.1) is 28.8 Å². The molecule has 3 rings (SSSR count). The van der Waals surface area contributed by atoms with Gasteiger partial charge in [0, 0.05) is 5.69 Å². The minimum Gasteiger partial charge on any atom is -0.325 e. The van der Waals surface area contributed by atoms with Crippen LogP contribution in [0.4, 0.5) is 11.4 Å². The Morgan fingerprint density at radius 3 is 2.11 bits per heavy atom. The number of hydrogen-bond donors (Lipinski definition) is 2. The molecule has 3 aromatic rings. The lowest BCUT2D eigenvalue weighted by molar-refractivity contribution is -0.119. The van der Waals surface area contributed by atoms with E-state index >= 15 is 0 Å². The average Bonchev–Trinajstić information content (AvgIpc) is 2.64. The molecular formula is C21H19Cl2N3O2. The highest BCUT2D eigenvalue weighted by Crippen LogP contribution is 2.29. The SMILES string of the molecule is CN(CC(=O)Nc1ccc2ccccc2c1)CC(=O)Nc1c(Cl)cccc1Cl. The van der Waals surface area contributed by atoms with E-state index in [1.165, 1.54) is 0 Å². The number of halogens is 2. The second kappa shape index (κ2) is 9.06. The van der Waals surface area contributed by atoms with E-state index in [0.29, 0.717) is 21.4 Å². The minimum atomic E-state index is -0.309. The van der Waals surface area contributed by atoms with E-state index in [1.54, 1.807) is 30.1 Å². The van der Waals surface area contributed by atoms with Crippen molar-refractivity contribution in [2.75, 3.05) is 30.8 Å². The third-order valence-electron chi connectivity index (χ3n) is 4.09. The first kappa shape index (κ1) is 20.1. The van der Waals surface area contributed by atoms with E-state index < -0.39 is 0 Å². The van der Waals surface area contributed by atoms with Crippen LogP contribution in [0.25, 0.3) is 10.8 Å². The number of nitrogens with zero attached hydrogens (tertiary/aromatic N) is 1. The van der Waals surface area contributed by atoms with E-state index in [9.17, 15) is 9.59 Å². The first-order valence-corrected chi connectivity index (χ1v) is 9.39. The summed E-state index contributed by atoms with van der Waals surface area (Å²) in [6.45, 7) is 0.0865. The third kappa shape index (κ3) is 5.23. The second-order valence-corrected chi connectivity index (χ2v) is 7.24. The van der Waals surface area contributed by atoms with Crippen molar-refractivity contribution in [1.82, 2.24) is 4.90 Å². The van der Waals surface area contributed by atoms with E-state index in [1.807, 2.05) is 42.5 Å². The first-order valence-electron chi connectivity index (χ1n) is 8.63. The molecule has 0 saturated heterocycles. The Balaban J connectivity index is 1.54. The zero-order chi connectivity index (χ0) is 20.1. The predicted molar refractivity (Wildman–Crippen MR) is 115 cm³/mol. The van der Waals surface area contributed by atoms with Gasteiger partial charge >= 0.3 is 0 Å². The first-order chi connectivity index (χ1) is 13.4. The van der Waals surface area contributed by atoms with Crippen LogP contribution in [-0.2, 0) is 9.59 Å². The van der Waals surface area contributed by atoms with Crippen LogP contribution in [-0.4, -0.2) is 36.9 Å². The van der Waals surface area contributed by atoms with Gasteiger partial charge in [-0.15, -0.1) is 0 Å². The molecule has 7 heteroatoms. The topological polar surface area (TPSA) is 61.4 Å². The highest BCUT2D eigenvalue weighted by atomic mass is 35.5. The van der Waals surface area contributed by atoms with Gasteiger partial charge in [0.15, 0.2) is 0 Å². The second-order valence-electron chi connectivity index (χ2n) is 6.43. The van der Waals surface area contributed by atoms with Crippen LogP contribution in [0.3, 0.4) is 0 Å². The highest BCUT2D eigenvalue weighted by molar-refractivity contribution is 6.39. The van der Waals surface area contributed by atoms with Crippen LogP contribution in [0.5, 0.6) is 0 Å². The lowest BCUT2D eigenvalue weighted by Gasteiger charge is -2.17. The molecule has 5 nitrogen and oxygen atoms in total. The monoisotopic (exact) mass is 415 g/mol. The van der Waals surface area contributed by atoms with Crippen molar-refractivity contribution in [2.45, 2.75) is 0 Å². The van der Waals surface area contributed by atoms with Gasteiger partial charge in [-0.3, -0.25) is 14.5 Å². The normalized spacial score (nSPS) is 10.9. The maximum absolute atomic E-state index is 12.3. The highest BCUT2D eigenvalue weighted by Gasteiger charge is 2.14. The molecule has 0 atom stereocenters. The Kier molecular flexibility index (Phi) is 6.52. The summed E-state index contributed by atoms with van der Waals surface area (Å²) in [5, 5.41) is 8.40. The van der Waals surface area contributed by atoms with E-state index in [-0.39, 0.29) is 24.9 Å². The molecule has 28 heavy (non-hydrogen) atoms. The van der Waals surface area contributed by atoms with Crippen molar-refractivity contribution in [3.63, 3.8) is 0 Å². The number of amides is 2. The fraction of sp³-hybridized carbons (Fsp3) is 0.143. The zero-order valence-corrected chi connectivity index (χ0v) is 16.7. The number of anilines is 2. The molecule has 0 spiro atoms. The van der Waals surface area contributed by atoms with Gasteiger partial charge < -0.3 is 10.6 Å². The standard InChI is InChI=1S/C21H19Cl2N3O2/c1-26(13-20(28)25-21-17(22)7-4-8-18(21)23)12-19(27)24-16-10-9-14-5-2-3-6-15(14)11-16/h2-11H,12-13H2,1H3,(H,24,27)(H,25,28). The summed E-state index contributed by atoms with van der Waals surface area (Å²) < 4.78 is 0. The summed E-state index contributed by atoms with van der Waals surface area (Å²) in [5.41, 5.74) is 1.08. The van der Waals surface area contributed by atoms with E-state index in [2.05, 4.69) is 10.6 Å². The molecular weight excluding hydrogens is 397 g/mol. The number of para-hydroxylation sites is 1. The number of carbonyl (C=O) groups excluding carboxylic acids is 2. The molecule has 2 amide bonds. The Morgan fingerprint density at radius 1 is 0.821 bits per heavy atom. The minimum absolute atomic E-state index is 0.0205. The molecule has 0 aliphatic carbocycles. The number of benzene rings is 3. The van der Waals surface area contributed by atoms with Crippen LogP contribution in [0.1, 0.15) is 0 Å². The zero-order valence-electron chi connectivity index (χ0n) is 15.2. The third-order valence-corrected chi connectivity index (χ3v) is 4.72. The van der Waals surface area contributed by atoms with Crippen molar-refractivity contribution in [2.24, 2.45) is 0 Å². The van der Waals surface area contributed by atoms with E-state index in [4.69, 9.17) is 23.2 Å². The smallest absolute Gasteiger partial charge is 0.238 e. The number of fused-ring (bicyclic) bond motifs is 1. The quantitative estimate of drug-likeness (QED) is 0.615. The molecule has 144 valence electrons. The molecule has 0 aromatic heterocycles. The number of nitrogens with one attached hydrogen (secondary N) is 2. The molecule has 0 radical (unpaired) electrons. The van der Waals surface area contributed by atoms with Crippen molar-refractivity contribution < 1.29 is 9.59 Å². The summed E-state index contributed by atoms with van der Waals surface area (Å²) in [6.07, 6.45) is 0. The summed E-state index contributed by atoms with van der Waals surface area (Å²) in [4.78, 5) is 26.1. The number of carbonyl (C=O) groups is 2. The molecule has 2 N–H and O–H groups in total. The summed E-state index contributed by atoms with van der Waals surface area (Å²) in [6, 6.07) is 18.6. The number of rotatable bonds is 6. The number of hydrogen-bond acceptors (Lipinski definition) is 3. The average molecular weight is 416 g/mol. The Hall–Kier alpha value is -2.60. The molecule has 0 aliphatic heterocycles. The Morgan fingerprint density at radius 2 is 1.43 bits per heavy atom. The fourth-order valence-corrected chi connectivity index (χ4v) is 3.30. The van der Waals surface area contributed by atoms with Gasteiger partial charge in [-0.1, -0.05) is 59.6 Å². The largest absolute Gasteiger partial charge is 0.325 e. The van der Waals surface area contributed by atoms with Gasteiger partial charge in [0.25, 0.3) is 0 Å². The summed E-state index contributed by atoms with van der Waals surface area (Å²) in [5.74, 6) is -0.516. The van der Waals surface area contributed by atoms with Crippen LogP contribution < -0.4 is 10.6 Å². The molecule has 0 fully saturated rings. The summed E-state index contributed by atoms with van der Waals surface area (Å²) >= 11 is 12.1. The van der Waals surface area contributed by atoms with Crippen LogP contribution in [0, 0.1) is 0 Å². The molecule has 3 aromatic carbocycles. The molecule has 0 heterocycles. The molecule has 0 aliphatic rings. The van der Waals surface area contributed by atoms with Crippen LogP contribution in [0.15, 0.2) is 60.7 Å². The molecule has 0 unspecified atom stereocenters. The number of likely N-dealkylation sites (N-methyl/N-ethyl adjacent to an activating group) is 1. The Bertz CT molecular complexity index is 1000. The predicted octanol–water partition coefficient (Wildman–Crippen LogP) is 4.66. The maximum Gasteiger partial charge on any atom is 0.238 e. The fourth-order valence-electron chi connectivity index (χ4n) is 2.81.